The summed E-state index contributed by atoms with van der Waals surface area (Å²) in [4.78, 5) is 11.7. The molecule has 0 aromatic heterocycles. The third kappa shape index (κ3) is 15.4. The third-order valence-corrected chi connectivity index (χ3v) is 5.14. The van der Waals surface area contributed by atoms with Gasteiger partial charge in [0.1, 0.15) is 0 Å². The topological polar surface area (TPSA) is 46.5 Å². The zero-order valence-corrected chi connectivity index (χ0v) is 17.4. The van der Waals surface area contributed by atoms with Crippen molar-refractivity contribution >= 4 is 5.97 Å². The smallest absolute Gasteiger partial charge is 0.305 e. The van der Waals surface area contributed by atoms with E-state index in [9.17, 15) is 9.90 Å². The van der Waals surface area contributed by atoms with Crippen LogP contribution in [0.5, 0.6) is 0 Å². The Morgan fingerprint density at radius 2 is 1.36 bits per heavy atom. The molecule has 0 amide bonds. The van der Waals surface area contributed by atoms with Crippen molar-refractivity contribution in [1.29, 1.82) is 0 Å². The monoisotopic (exact) mass is 358 g/mol. The van der Waals surface area contributed by atoms with Crippen molar-refractivity contribution in [2.45, 2.75) is 104 Å². The van der Waals surface area contributed by atoms with E-state index in [1.165, 1.54) is 57.8 Å². The lowest BCUT2D eigenvalue weighted by molar-refractivity contribution is -0.934. The summed E-state index contributed by atoms with van der Waals surface area (Å²) in [5.41, 5.74) is 0. The number of ether oxygens (including phenoxy) is 1. The highest BCUT2D eigenvalue weighted by Gasteiger charge is 2.20. The summed E-state index contributed by atoms with van der Waals surface area (Å²) < 4.78 is 5.82. The van der Waals surface area contributed by atoms with Gasteiger partial charge in [-0.1, -0.05) is 71.1 Å². The second-order valence-electron chi connectivity index (χ2n) is 7.99. The summed E-state index contributed by atoms with van der Waals surface area (Å²) in [6.07, 6.45) is 15.2. The second kappa shape index (κ2) is 15.6. The Morgan fingerprint density at radius 3 is 1.84 bits per heavy atom. The molecule has 150 valence electrons. The van der Waals surface area contributed by atoms with Crippen molar-refractivity contribution in [1.82, 2.24) is 0 Å². The van der Waals surface area contributed by atoms with Crippen LogP contribution in [0.4, 0.5) is 0 Å². The number of carbonyl (C=O) groups excluding carboxylic acids is 1. The lowest BCUT2D eigenvalue weighted by Crippen LogP contribution is -2.48. The van der Waals surface area contributed by atoms with E-state index < -0.39 is 6.23 Å². The summed E-state index contributed by atoms with van der Waals surface area (Å²) in [6, 6.07) is 0. The molecule has 0 rings (SSSR count). The van der Waals surface area contributed by atoms with Crippen LogP contribution in [0.25, 0.3) is 0 Å². The number of quaternary nitrogens is 1. The van der Waals surface area contributed by atoms with E-state index in [-0.39, 0.29) is 5.97 Å². The van der Waals surface area contributed by atoms with Crippen molar-refractivity contribution < 1.29 is 19.1 Å². The highest BCUT2D eigenvalue weighted by atomic mass is 16.5. The number of esters is 1. The number of rotatable bonds is 17. The molecule has 0 aliphatic heterocycles. The molecule has 0 aliphatic carbocycles. The average Bonchev–Trinajstić information content (AvgIpc) is 2.56. The Morgan fingerprint density at radius 1 is 0.880 bits per heavy atom. The molecule has 4 nitrogen and oxygen atoms in total. The van der Waals surface area contributed by atoms with Gasteiger partial charge in [-0.3, -0.25) is 4.79 Å². The van der Waals surface area contributed by atoms with Crippen LogP contribution < -0.4 is 0 Å². The Labute approximate surface area is 156 Å². The Kier molecular flexibility index (Phi) is 15.2. The molecule has 1 unspecified atom stereocenters. The van der Waals surface area contributed by atoms with E-state index in [1.807, 2.05) is 14.1 Å². The maximum atomic E-state index is 11.7. The molecule has 0 heterocycles. The van der Waals surface area contributed by atoms with Crippen LogP contribution in [-0.2, 0) is 9.53 Å². The largest absolute Gasteiger partial charge is 0.465 e. The second-order valence-corrected chi connectivity index (χ2v) is 7.99. The molecular formula is C21H44NO3+. The van der Waals surface area contributed by atoms with Crippen molar-refractivity contribution in [2.75, 3.05) is 27.2 Å². The van der Waals surface area contributed by atoms with E-state index in [0.717, 1.165) is 25.8 Å². The zero-order valence-electron chi connectivity index (χ0n) is 17.4. The standard InChI is InChI=1S/C21H44NO3/c1-5-6-7-8-9-10-11-12-13-14-15-17-21(24)25-19-16-18-22(3,4)20(2)23/h20,23H,5-19H2,1-4H3/q+1. The first-order valence-electron chi connectivity index (χ1n) is 10.6. The van der Waals surface area contributed by atoms with Crippen LogP contribution in [0.3, 0.4) is 0 Å². The number of unbranched alkanes of at least 4 members (excludes halogenated alkanes) is 10. The maximum absolute atomic E-state index is 11.7. The molecule has 4 heteroatoms. The van der Waals surface area contributed by atoms with E-state index >= 15 is 0 Å². The molecule has 1 atom stereocenters. The molecule has 0 saturated carbocycles. The molecule has 25 heavy (non-hydrogen) atoms. The van der Waals surface area contributed by atoms with Gasteiger partial charge in [0.15, 0.2) is 6.23 Å². The summed E-state index contributed by atoms with van der Waals surface area (Å²) in [6.45, 7) is 5.32. The predicted octanol–water partition coefficient (Wildman–Crippen LogP) is 5.04. The quantitative estimate of drug-likeness (QED) is 0.172. The molecule has 1 N–H and O–H groups in total. The van der Waals surface area contributed by atoms with Crippen LogP contribution in [-0.4, -0.2) is 49.0 Å². The fourth-order valence-electron chi connectivity index (χ4n) is 2.85. The normalized spacial score (nSPS) is 13.0. The molecule has 0 aliphatic rings. The fourth-order valence-corrected chi connectivity index (χ4v) is 2.85. The van der Waals surface area contributed by atoms with Gasteiger partial charge in [0.2, 0.25) is 0 Å². The van der Waals surface area contributed by atoms with E-state index in [2.05, 4.69) is 6.92 Å². The van der Waals surface area contributed by atoms with Crippen molar-refractivity contribution in [3.8, 4) is 0 Å². The lowest BCUT2D eigenvalue weighted by Gasteiger charge is -2.32. The minimum atomic E-state index is -0.396. The van der Waals surface area contributed by atoms with Gasteiger partial charge >= 0.3 is 5.97 Å². The molecule has 0 aromatic rings. The summed E-state index contributed by atoms with van der Waals surface area (Å²) >= 11 is 0. The molecule has 0 radical (unpaired) electrons. The van der Waals surface area contributed by atoms with Crippen LogP contribution in [0.1, 0.15) is 97.3 Å². The summed E-state index contributed by atoms with van der Waals surface area (Å²) in [5, 5.41) is 9.62. The first kappa shape index (κ1) is 24.4. The van der Waals surface area contributed by atoms with Crippen molar-refractivity contribution in [3.05, 3.63) is 0 Å². The van der Waals surface area contributed by atoms with Gasteiger partial charge in [-0.25, -0.2) is 0 Å². The Bertz CT molecular complexity index is 316. The third-order valence-electron chi connectivity index (χ3n) is 5.14. The first-order chi connectivity index (χ1) is 11.9. The predicted molar refractivity (Wildman–Crippen MR) is 105 cm³/mol. The van der Waals surface area contributed by atoms with Gasteiger partial charge < -0.3 is 14.3 Å². The first-order valence-corrected chi connectivity index (χ1v) is 10.6. The summed E-state index contributed by atoms with van der Waals surface area (Å²) in [5.74, 6) is -0.0710. The number of aliphatic hydroxyl groups excluding tert-OH is 1. The minimum absolute atomic E-state index is 0.0710. The molecule has 0 saturated heterocycles. The molecule has 0 spiro atoms. The highest BCUT2D eigenvalue weighted by Crippen LogP contribution is 2.12. The van der Waals surface area contributed by atoms with Gasteiger partial charge in [0, 0.05) is 19.8 Å². The van der Waals surface area contributed by atoms with E-state index in [1.54, 1.807) is 6.92 Å². The fraction of sp³-hybridized carbons (Fsp3) is 0.952. The number of hydrogen-bond acceptors (Lipinski definition) is 3. The maximum Gasteiger partial charge on any atom is 0.305 e. The van der Waals surface area contributed by atoms with Gasteiger partial charge in [-0.15, -0.1) is 0 Å². The van der Waals surface area contributed by atoms with Gasteiger partial charge in [-0.2, -0.15) is 0 Å². The number of nitrogens with zero attached hydrogens (tertiary/aromatic N) is 1. The molecule has 0 aromatic carbocycles. The molecule has 0 fully saturated rings. The van der Waals surface area contributed by atoms with Crippen LogP contribution >= 0.6 is 0 Å². The van der Waals surface area contributed by atoms with Gasteiger partial charge in [-0.05, 0) is 6.42 Å². The number of carbonyl (C=O) groups is 1. The summed E-state index contributed by atoms with van der Waals surface area (Å²) in [7, 11) is 3.97. The van der Waals surface area contributed by atoms with E-state index in [0.29, 0.717) is 17.5 Å². The lowest BCUT2D eigenvalue weighted by atomic mass is 10.1. The minimum Gasteiger partial charge on any atom is -0.465 e. The SMILES string of the molecule is CCCCCCCCCCCCCC(=O)OCCC[N+](C)(C)C(C)O. The van der Waals surface area contributed by atoms with Crippen molar-refractivity contribution in [3.63, 3.8) is 0 Å². The van der Waals surface area contributed by atoms with Crippen LogP contribution in [0, 0.1) is 0 Å². The Balaban J connectivity index is 3.34. The molecular weight excluding hydrogens is 314 g/mol. The van der Waals surface area contributed by atoms with Crippen LogP contribution in [0.15, 0.2) is 0 Å². The zero-order chi connectivity index (χ0) is 19.0. The number of aliphatic hydroxyl groups is 1. The van der Waals surface area contributed by atoms with Gasteiger partial charge in [0.25, 0.3) is 0 Å². The highest BCUT2D eigenvalue weighted by molar-refractivity contribution is 5.69. The average molecular weight is 359 g/mol. The van der Waals surface area contributed by atoms with Crippen LogP contribution in [0.2, 0.25) is 0 Å². The van der Waals surface area contributed by atoms with Gasteiger partial charge in [0.05, 0.1) is 27.2 Å². The number of hydrogen-bond donors (Lipinski definition) is 1. The van der Waals surface area contributed by atoms with Crippen molar-refractivity contribution in [2.24, 2.45) is 0 Å². The van der Waals surface area contributed by atoms with E-state index in [4.69, 9.17) is 4.74 Å². The Hall–Kier alpha value is -0.610. The molecule has 0 bridgehead atoms.